The molecule has 2 aromatic rings. The molecule has 6 heteroatoms. The molecule has 14 heavy (non-hydrogen) atoms. The molecular formula is C8H10N4OS. The molecule has 0 amide bonds. The number of anilines is 1. The van der Waals surface area contributed by atoms with Crippen molar-refractivity contribution < 1.29 is 4.42 Å². The molecule has 0 radical (unpaired) electrons. The van der Waals surface area contributed by atoms with Crippen LogP contribution in [0.3, 0.4) is 0 Å². The third-order valence-corrected chi connectivity index (χ3v) is 2.47. The van der Waals surface area contributed by atoms with Gasteiger partial charge in [-0.05, 0) is 13.8 Å². The van der Waals surface area contributed by atoms with E-state index in [1.165, 1.54) is 11.3 Å². The van der Waals surface area contributed by atoms with Crippen LogP contribution in [0.15, 0.2) is 9.93 Å². The van der Waals surface area contributed by atoms with Gasteiger partial charge in [0.05, 0.1) is 12.2 Å². The fourth-order valence-electron chi connectivity index (χ4n) is 1.02. The SMILES string of the molecule is Cc1nc(CNc2nncs2)oc1C. The summed E-state index contributed by atoms with van der Waals surface area (Å²) < 4.78 is 5.40. The largest absolute Gasteiger partial charge is 0.444 e. The number of aromatic nitrogens is 3. The normalized spacial score (nSPS) is 10.4. The Hall–Kier alpha value is -1.43. The minimum atomic E-state index is 0.546. The highest BCUT2D eigenvalue weighted by Crippen LogP contribution is 2.12. The second kappa shape index (κ2) is 3.75. The molecule has 0 unspecified atom stereocenters. The number of oxazole rings is 1. The molecule has 0 fully saturated rings. The molecule has 2 aromatic heterocycles. The Labute approximate surface area is 85.2 Å². The van der Waals surface area contributed by atoms with Crippen molar-refractivity contribution in [1.82, 2.24) is 15.2 Å². The number of hydrogen-bond acceptors (Lipinski definition) is 6. The van der Waals surface area contributed by atoms with Crippen LogP contribution in [0.1, 0.15) is 17.3 Å². The summed E-state index contributed by atoms with van der Waals surface area (Å²) >= 11 is 1.45. The first-order chi connectivity index (χ1) is 6.75. The first-order valence-electron chi connectivity index (χ1n) is 4.18. The van der Waals surface area contributed by atoms with Crippen LogP contribution >= 0.6 is 11.3 Å². The zero-order valence-electron chi connectivity index (χ0n) is 7.94. The standard InChI is InChI=1S/C8H10N4OS/c1-5-6(2)13-7(11-5)3-9-8-12-10-4-14-8/h4H,3H2,1-2H3,(H,9,12). The summed E-state index contributed by atoms with van der Waals surface area (Å²) in [6.07, 6.45) is 0. The van der Waals surface area contributed by atoms with Crippen LogP contribution < -0.4 is 5.32 Å². The Balaban J connectivity index is 1.98. The lowest BCUT2D eigenvalue weighted by molar-refractivity contribution is 0.478. The summed E-state index contributed by atoms with van der Waals surface area (Å²) in [5.74, 6) is 1.54. The van der Waals surface area contributed by atoms with Crippen LogP contribution in [0, 0.1) is 13.8 Å². The van der Waals surface area contributed by atoms with Gasteiger partial charge in [0, 0.05) is 0 Å². The third kappa shape index (κ3) is 1.90. The highest BCUT2D eigenvalue weighted by molar-refractivity contribution is 7.13. The van der Waals surface area contributed by atoms with E-state index in [1.54, 1.807) is 5.51 Å². The van der Waals surface area contributed by atoms with Gasteiger partial charge in [-0.2, -0.15) is 0 Å². The molecular weight excluding hydrogens is 200 g/mol. The van der Waals surface area contributed by atoms with E-state index in [-0.39, 0.29) is 0 Å². The molecule has 0 spiro atoms. The van der Waals surface area contributed by atoms with Gasteiger partial charge >= 0.3 is 0 Å². The van der Waals surface area contributed by atoms with Crippen molar-refractivity contribution in [1.29, 1.82) is 0 Å². The van der Waals surface area contributed by atoms with Gasteiger partial charge in [0.2, 0.25) is 11.0 Å². The zero-order chi connectivity index (χ0) is 9.97. The first-order valence-corrected chi connectivity index (χ1v) is 5.06. The van der Waals surface area contributed by atoms with Crippen LogP contribution in [-0.4, -0.2) is 15.2 Å². The van der Waals surface area contributed by atoms with Crippen LogP contribution in [-0.2, 0) is 6.54 Å². The molecule has 0 saturated carbocycles. The average molecular weight is 210 g/mol. The molecule has 0 aliphatic rings. The lowest BCUT2D eigenvalue weighted by Crippen LogP contribution is -1.99. The molecule has 0 bridgehead atoms. The summed E-state index contributed by atoms with van der Waals surface area (Å²) in [4.78, 5) is 4.24. The molecule has 0 atom stereocenters. The summed E-state index contributed by atoms with van der Waals surface area (Å²) in [6.45, 7) is 4.37. The van der Waals surface area contributed by atoms with Crippen molar-refractivity contribution >= 4 is 16.5 Å². The second-order valence-electron chi connectivity index (χ2n) is 2.85. The minimum absolute atomic E-state index is 0.546. The second-order valence-corrected chi connectivity index (χ2v) is 3.68. The molecule has 0 aliphatic carbocycles. The molecule has 0 aromatic carbocycles. The van der Waals surface area contributed by atoms with Crippen molar-refractivity contribution in [3.8, 4) is 0 Å². The van der Waals surface area contributed by atoms with E-state index in [1.807, 2.05) is 13.8 Å². The van der Waals surface area contributed by atoms with Gasteiger partial charge in [-0.3, -0.25) is 0 Å². The quantitative estimate of drug-likeness (QED) is 0.836. The smallest absolute Gasteiger partial charge is 0.214 e. The fourth-order valence-corrected chi connectivity index (χ4v) is 1.46. The number of aryl methyl sites for hydroxylation is 2. The first kappa shape index (κ1) is 9.14. The van der Waals surface area contributed by atoms with E-state index in [9.17, 15) is 0 Å². The van der Waals surface area contributed by atoms with Crippen molar-refractivity contribution in [2.75, 3.05) is 5.32 Å². The molecule has 0 aliphatic heterocycles. The maximum absolute atomic E-state index is 5.40. The highest BCUT2D eigenvalue weighted by Gasteiger charge is 2.05. The Morgan fingerprint density at radius 3 is 2.93 bits per heavy atom. The Kier molecular flexibility index (Phi) is 2.45. The average Bonchev–Trinajstić information content (AvgIpc) is 2.74. The molecule has 2 heterocycles. The predicted octanol–water partition coefficient (Wildman–Crippen LogP) is 1.76. The number of hydrogen-bond donors (Lipinski definition) is 1. The molecule has 0 saturated heterocycles. The van der Waals surface area contributed by atoms with Crippen molar-refractivity contribution in [2.45, 2.75) is 20.4 Å². The lowest BCUT2D eigenvalue weighted by atomic mass is 10.4. The Morgan fingerprint density at radius 1 is 1.50 bits per heavy atom. The van der Waals surface area contributed by atoms with Crippen molar-refractivity contribution in [2.24, 2.45) is 0 Å². The monoisotopic (exact) mass is 210 g/mol. The Morgan fingerprint density at radius 2 is 2.36 bits per heavy atom. The maximum atomic E-state index is 5.40. The van der Waals surface area contributed by atoms with Crippen LogP contribution in [0.5, 0.6) is 0 Å². The van der Waals surface area contributed by atoms with Gasteiger partial charge in [0.15, 0.2) is 0 Å². The van der Waals surface area contributed by atoms with Gasteiger partial charge < -0.3 is 9.73 Å². The number of rotatable bonds is 3. The third-order valence-electron chi connectivity index (χ3n) is 1.82. The minimum Gasteiger partial charge on any atom is -0.444 e. The molecule has 74 valence electrons. The van der Waals surface area contributed by atoms with Crippen molar-refractivity contribution in [3.63, 3.8) is 0 Å². The van der Waals surface area contributed by atoms with Gasteiger partial charge in [0.1, 0.15) is 11.3 Å². The van der Waals surface area contributed by atoms with E-state index in [0.29, 0.717) is 12.4 Å². The van der Waals surface area contributed by atoms with E-state index in [4.69, 9.17) is 4.42 Å². The van der Waals surface area contributed by atoms with Gasteiger partial charge in [-0.15, -0.1) is 10.2 Å². The van der Waals surface area contributed by atoms with E-state index in [0.717, 1.165) is 16.6 Å². The van der Waals surface area contributed by atoms with Crippen molar-refractivity contribution in [3.05, 3.63) is 22.9 Å². The highest BCUT2D eigenvalue weighted by atomic mass is 32.1. The molecule has 5 nitrogen and oxygen atoms in total. The molecule has 1 N–H and O–H groups in total. The fraction of sp³-hybridized carbons (Fsp3) is 0.375. The number of nitrogens with one attached hydrogen (secondary N) is 1. The van der Waals surface area contributed by atoms with Crippen LogP contribution in [0.4, 0.5) is 5.13 Å². The van der Waals surface area contributed by atoms with Crippen LogP contribution in [0.25, 0.3) is 0 Å². The summed E-state index contributed by atoms with van der Waals surface area (Å²) in [5.41, 5.74) is 2.60. The lowest BCUT2D eigenvalue weighted by Gasteiger charge is -1.95. The summed E-state index contributed by atoms with van der Waals surface area (Å²) in [7, 11) is 0. The van der Waals surface area contributed by atoms with E-state index < -0.39 is 0 Å². The Bertz CT molecular complexity index is 389. The van der Waals surface area contributed by atoms with E-state index >= 15 is 0 Å². The molecule has 2 rings (SSSR count). The van der Waals surface area contributed by atoms with E-state index in [2.05, 4.69) is 20.5 Å². The zero-order valence-corrected chi connectivity index (χ0v) is 8.76. The van der Waals surface area contributed by atoms with Gasteiger partial charge in [-0.25, -0.2) is 4.98 Å². The summed E-state index contributed by atoms with van der Waals surface area (Å²) in [5, 5.41) is 11.4. The van der Waals surface area contributed by atoms with Crippen LogP contribution in [0.2, 0.25) is 0 Å². The van der Waals surface area contributed by atoms with Gasteiger partial charge in [0.25, 0.3) is 0 Å². The number of nitrogens with zero attached hydrogens (tertiary/aromatic N) is 3. The summed E-state index contributed by atoms with van der Waals surface area (Å²) in [6, 6.07) is 0. The van der Waals surface area contributed by atoms with Gasteiger partial charge in [-0.1, -0.05) is 11.3 Å². The maximum Gasteiger partial charge on any atom is 0.214 e. The topological polar surface area (TPSA) is 63.8 Å². The predicted molar refractivity (Wildman–Crippen MR) is 53.2 cm³/mol.